The third kappa shape index (κ3) is 1.78. The lowest BCUT2D eigenvalue weighted by Crippen LogP contribution is -2.26. The molecule has 3 aliphatic carbocycles. The number of hydrogen-bond donors (Lipinski definition) is 1. The third-order valence-corrected chi connectivity index (χ3v) is 6.26. The molecule has 0 radical (unpaired) electrons. The van der Waals surface area contributed by atoms with Crippen LogP contribution in [-0.4, -0.2) is 16.1 Å². The molecule has 1 aliphatic heterocycles. The van der Waals surface area contributed by atoms with E-state index in [1.807, 2.05) is 0 Å². The van der Waals surface area contributed by atoms with Crippen molar-refractivity contribution in [3.63, 3.8) is 0 Å². The highest BCUT2D eigenvalue weighted by Crippen LogP contribution is 2.49. The van der Waals surface area contributed by atoms with Crippen LogP contribution < -0.4 is 5.32 Å². The molecule has 0 spiro atoms. The summed E-state index contributed by atoms with van der Waals surface area (Å²) in [6, 6.07) is 0. The highest BCUT2D eigenvalue weighted by molar-refractivity contribution is 5.24. The van der Waals surface area contributed by atoms with Crippen LogP contribution in [0.25, 0.3) is 0 Å². The molecule has 5 rings (SSSR count). The molecule has 1 N–H and O–H groups in total. The monoisotopic (exact) mass is 271 g/mol. The number of nitrogens with one attached hydrogen (secondary N) is 1. The van der Waals surface area contributed by atoms with Crippen LogP contribution in [0.1, 0.15) is 61.7 Å². The van der Waals surface area contributed by atoms with Crippen molar-refractivity contribution >= 4 is 0 Å². The number of fused-ring (bicyclic) bond motifs is 3. The Morgan fingerprint density at radius 1 is 1.15 bits per heavy atom. The zero-order valence-electron chi connectivity index (χ0n) is 12.3. The standard InChI is InChI=1S/C17H25N3/c1-2-13-7-11(1)8-14(13)10-20-16-5-6-18-9-15(16)19-17(20)12-3-4-12/h11-14,18H,1-10H2. The summed E-state index contributed by atoms with van der Waals surface area (Å²) in [5.74, 6) is 5.29. The van der Waals surface area contributed by atoms with Crippen LogP contribution >= 0.6 is 0 Å². The van der Waals surface area contributed by atoms with Crippen molar-refractivity contribution in [2.45, 2.75) is 64.0 Å². The van der Waals surface area contributed by atoms with Crippen molar-refractivity contribution in [2.75, 3.05) is 6.54 Å². The van der Waals surface area contributed by atoms with Crippen molar-refractivity contribution in [2.24, 2.45) is 17.8 Å². The van der Waals surface area contributed by atoms with E-state index in [1.54, 1.807) is 5.69 Å². The van der Waals surface area contributed by atoms with Crippen LogP contribution in [0.4, 0.5) is 0 Å². The van der Waals surface area contributed by atoms with E-state index in [0.717, 1.165) is 36.8 Å². The number of aromatic nitrogens is 2. The smallest absolute Gasteiger partial charge is 0.112 e. The van der Waals surface area contributed by atoms with E-state index < -0.39 is 0 Å². The minimum atomic E-state index is 0.791. The Kier molecular flexibility index (Phi) is 2.55. The molecule has 3 fully saturated rings. The molecule has 3 heteroatoms. The molecule has 0 aromatic carbocycles. The molecule has 0 saturated heterocycles. The Bertz CT molecular complexity index is 529. The quantitative estimate of drug-likeness (QED) is 0.916. The Morgan fingerprint density at radius 3 is 2.85 bits per heavy atom. The van der Waals surface area contributed by atoms with Gasteiger partial charge < -0.3 is 9.88 Å². The molecule has 0 amide bonds. The Hall–Kier alpha value is -0.830. The first kappa shape index (κ1) is 11.8. The predicted octanol–water partition coefficient (Wildman–Crippen LogP) is 2.84. The first-order chi connectivity index (χ1) is 9.88. The van der Waals surface area contributed by atoms with Gasteiger partial charge >= 0.3 is 0 Å². The zero-order chi connectivity index (χ0) is 13.1. The Labute approximate surface area is 121 Å². The first-order valence-corrected chi connectivity index (χ1v) is 8.67. The molecule has 1 aromatic heterocycles. The summed E-state index contributed by atoms with van der Waals surface area (Å²) in [6.45, 7) is 3.42. The van der Waals surface area contributed by atoms with Gasteiger partial charge in [-0.15, -0.1) is 0 Å². The molecule has 3 saturated carbocycles. The summed E-state index contributed by atoms with van der Waals surface area (Å²) in [5.41, 5.74) is 2.94. The van der Waals surface area contributed by atoms with Gasteiger partial charge in [0.2, 0.25) is 0 Å². The van der Waals surface area contributed by atoms with Gasteiger partial charge in [-0.2, -0.15) is 0 Å². The zero-order valence-corrected chi connectivity index (χ0v) is 12.3. The molecule has 20 heavy (non-hydrogen) atoms. The van der Waals surface area contributed by atoms with Crippen molar-refractivity contribution in [3.8, 4) is 0 Å². The van der Waals surface area contributed by atoms with E-state index in [2.05, 4.69) is 9.88 Å². The molecule has 2 bridgehead atoms. The van der Waals surface area contributed by atoms with Crippen LogP contribution in [0, 0.1) is 17.8 Å². The topological polar surface area (TPSA) is 29.9 Å². The first-order valence-electron chi connectivity index (χ1n) is 8.67. The fourth-order valence-electron chi connectivity index (χ4n) is 5.08. The normalized spacial score (nSPS) is 35.5. The molecular weight excluding hydrogens is 246 g/mol. The maximum atomic E-state index is 5.02. The Balaban J connectivity index is 1.47. The average molecular weight is 271 g/mol. The summed E-state index contributed by atoms with van der Waals surface area (Å²) in [4.78, 5) is 5.02. The molecule has 3 nitrogen and oxygen atoms in total. The van der Waals surface area contributed by atoms with E-state index in [9.17, 15) is 0 Å². The second-order valence-electron chi connectivity index (χ2n) is 7.61. The number of hydrogen-bond acceptors (Lipinski definition) is 2. The lowest BCUT2D eigenvalue weighted by molar-refractivity contribution is 0.289. The van der Waals surface area contributed by atoms with Crippen LogP contribution in [-0.2, 0) is 19.5 Å². The van der Waals surface area contributed by atoms with Gasteiger partial charge in [0, 0.05) is 37.7 Å². The molecular formula is C17H25N3. The second kappa shape index (κ2) is 4.33. The van der Waals surface area contributed by atoms with Crippen molar-refractivity contribution in [1.29, 1.82) is 0 Å². The van der Waals surface area contributed by atoms with Gasteiger partial charge in [-0.3, -0.25) is 0 Å². The highest BCUT2D eigenvalue weighted by Gasteiger charge is 2.41. The van der Waals surface area contributed by atoms with Crippen LogP contribution in [0.15, 0.2) is 0 Å². The predicted molar refractivity (Wildman–Crippen MR) is 78.6 cm³/mol. The van der Waals surface area contributed by atoms with E-state index >= 15 is 0 Å². The van der Waals surface area contributed by atoms with E-state index in [4.69, 9.17) is 4.98 Å². The van der Waals surface area contributed by atoms with Crippen LogP contribution in [0.3, 0.4) is 0 Å². The minimum Gasteiger partial charge on any atom is -0.331 e. The minimum absolute atomic E-state index is 0.791. The van der Waals surface area contributed by atoms with Gasteiger partial charge in [0.05, 0.1) is 5.69 Å². The largest absolute Gasteiger partial charge is 0.331 e. The SMILES string of the molecule is C1Cc2c(nc(C3CC3)n2CC2CC3CCC2C3)CN1. The van der Waals surface area contributed by atoms with Gasteiger partial charge in [-0.25, -0.2) is 4.98 Å². The molecule has 4 aliphatic rings. The summed E-state index contributed by atoms with van der Waals surface area (Å²) < 4.78 is 2.68. The summed E-state index contributed by atoms with van der Waals surface area (Å²) in [7, 11) is 0. The highest BCUT2D eigenvalue weighted by atomic mass is 15.1. The van der Waals surface area contributed by atoms with Crippen molar-refractivity contribution in [1.82, 2.24) is 14.9 Å². The molecule has 2 heterocycles. The fraction of sp³-hybridized carbons (Fsp3) is 0.824. The van der Waals surface area contributed by atoms with Gasteiger partial charge in [0.1, 0.15) is 5.82 Å². The number of nitrogens with zero attached hydrogens (tertiary/aromatic N) is 2. The summed E-state index contributed by atoms with van der Waals surface area (Å²) >= 11 is 0. The maximum Gasteiger partial charge on any atom is 0.112 e. The van der Waals surface area contributed by atoms with Crippen LogP contribution in [0.5, 0.6) is 0 Å². The van der Waals surface area contributed by atoms with Gasteiger partial charge in [-0.05, 0) is 49.9 Å². The van der Waals surface area contributed by atoms with Crippen molar-refractivity contribution < 1.29 is 0 Å². The third-order valence-electron chi connectivity index (χ3n) is 6.26. The number of imidazole rings is 1. The number of rotatable bonds is 3. The van der Waals surface area contributed by atoms with Crippen LogP contribution in [0.2, 0.25) is 0 Å². The van der Waals surface area contributed by atoms with E-state index in [-0.39, 0.29) is 0 Å². The van der Waals surface area contributed by atoms with E-state index in [0.29, 0.717) is 0 Å². The lowest BCUT2D eigenvalue weighted by Gasteiger charge is -2.25. The van der Waals surface area contributed by atoms with Crippen molar-refractivity contribution in [3.05, 3.63) is 17.2 Å². The second-order valence-corrected chi connectivity index (χ2v) is 7.61. The summed E-state index contributed by atoms with van der Waals surface area (Å²) in [5, 5.41) is 3.49. The van der Waals surface area contributed by atoms with Gasteiger partial charge in [0.25, 0.3) is 0 Å². The molecule has 3 unspecified atom stereocenters. The van der Waals surface area contributed by atoms with Gasteiger partial charge in [0.15, 0.2) is 0 Å². The summed E-state index contributed by atoms with van der Waals surface area (Å²) in [6.07, 6.45) is 9.99. The Morgan fingerprint density at radius 2 is 2.10 bits per heavy atom. The molecule has 1 aromatic rings. The van der Waals surface area contributed by atoms with E-state index in [1.165, 1.54) is 63.0 Å². The van der Waals surface area contributed by atoms with Gasteiger partial charge in [-0.1, -0.05) is 6.42 Å². The molecule has 3 atom stereocenters. The lowest BCUT2D eigenvalue weighted by atomic mass is 9.88. The maximum absolute atomic E-state index is 5.02. The molecule has 108 valence electrons. The average Bonchev–Trinajstić information content (AvgIpc) is 2.95. The fourth-order valence-corrected chi connectivity index (χ4v) is 5.08.